The van der Waals surface area contributed by atoms with E-state index < -0.39 is 0 Å². The summed E-state index contributed by atoms with van der Waals surface area (Å²) in [5, 5.41) is 9.32. The molecule has 6 heteroatoms. The van der Waals surface area contributed by atoms with E-state index in [0.717, 1.165) is 37.5 Å². The summed E-state index contributed by atoms with van der Waals surface area (Å²) in [6.45, 7) is 9.02. The molecular formula is C17H29IN4O. The molecule has 0 radical (unpaired) electrons. The first-order valence-electron chi connectivity index (χ1n) is 8.04. The van der Waals surface area contributed by atoms with Gasteiger partial charge in [0.2, 0.25) is 0 Å². The van der Waals surface area contributed by atoms with Crippen LogP contribution in [0.3, 0.4) is 0 Å². The van der Waals surface area contributed by atoms with Gasteiger partial charge >= 0.3 is 0 Å². The van der Waals surface area contributed by atoms with Crippen LogP contribution in [0.25, 0.3) is 0 Å². The van der Waals surface area contributed by atoms with Crippen LogP contribution in [-0.4, -0.2) is 38.0 Å². The van der Waals surface area contributed by atoms with E-state index in [1.165, 1.54) is 0 Å². The van der Waals surface area contributed by atoms with Gasteiger partial charge in [-0.2, -0.15) is 0 Å². The number of unbranched alkanes of at least 4 members (excludes halogenated alkanes) is 1. The topological polar surface area (TPSA) is 65.5 Å². The number of nitrogens with one attached hydrogen (secondary N) is 3. The van der Waals surface area contributed by atoms with Crippen molar-refractivity contribution < 1.29 is 4.79 Å². The van der Waals surface area contributed by atoms with E-state index in [9.17, 15) is 4.79 Å². The second kappa shape index (κ2) is 13.2. The Hall–Kier alpha value is -1.31. The lowest BCUT2D eigenvalue weighted by Crippen LogP contribution is -2.41. The molecule has 5 nitrogen and oxygen atoms in total. The Morgan fingerprint density at radius 3 is 2.52 bits per heavy atom. The van der Waals surface area contributed by atoms with Crippen molar-refractivity contribution >= 4 is 35.8 Å². The first-order valence-corrected chi connectivity index (χ1v) is 8.04. The van der Waals surface area contributed by atoms with Gasteiger partial charge in [0.05, 0.1) is 0 Å². The lowest BCUT2D eigenvalue weighted by molar-refractivity contribution is 0.0954. The summed E-state index contributed by atoms with van der Waals surface area (Å²) in [5.41, 5.74) is 1.78. The Bertz CT molecular complexity index is 491. The van der Waals surface area contributed by atoms with E-state index in [1.54, 1.807) is 0 Å². The zero-order valence-electron chi connectivity index (χ0n) is 14.3. The van der Waals surface area contributed by atoms with Gasteiger partial charge < -0.3 is 16.0 Å². The predicted molar refractivity (Wildman–Crippen MR) is 108 cm³/mol. The molecule has 0 spiro atoms. The van der Waals surface area contributed by atoms with Gasteiger partial charge in [-0.3, -0.25) is 9.79 Å². The third-order valence-electron chi connectivity index (χ3n) is 3.11. The Kier molecular flexibility index (Phi) is 12.4. The van der Waals surface area contributed by atoms with Crippen LogP contribution in [-0.2, 0) is 0 Å². The number of halogens is 1. The van der Waals surface area contributed by atoms with Crippen LogP contribution in [0.5, 0.6) is 0 Å². The molecule has 1 rings (SSSR count). The Labute approximate surface area is 156 Å². The Morgan fingerprint density at radius 2 is 1.87 bits per heavy atom. The number of benzene rings is 1. The van der Waals surface area contributed by atoms with E-state index >= 15 is 0 Å². The Balaban J connectivity index is 0.00000484. The van der Waals surface area contributed by atoms with E-state index in [4.69, 9.17) is 0 Å². The van der Waals surface area contributed by atoms with Crippen molar-refractivity contribution in [3.05, 3.63) is 35.4 Å². The van der Waals surface area contributed by atoms with Crippen LogP contribution in [0.2, 0.25) is 0 Å². The molecule has 0 saturated heterocycles. The number of nitrogens with zero attached hydrogens (tertiary/aromatic N) is 1. The fraction of sp³-hybridized carbons (Fsp3) is 0.529. The van der Waals surface area contributed by atoms with E-state index in [1.807, 2.05) is 38.1 Å². The lowest BCUT2D eigenvalue weighted by Gasteiger charge is -2.12. The molecule has 1 aromatic rings. The minimum atomic E-state index is -0.0431. The summed E-state index contributed by atoms with van der Waals surface area (Å²) in [7, 11) is 0. The first-order chi connectivity index (χ1) is 10.7. The van der Waals surface area contributed by atoms with Crippen molar-refractivity contribution in [2.75, 3.05) is 26.2 Å². The first kappa shape index (κ1) is 21.7. The average Bonchev–Trinajstić information content (AvgIpc) is 2.51. The summed E-state index contributed by atoms with van der Waals surface area (Å²) in [6, 6.07) is 7.59. The van der Waals surface area contributed by atoms with Gasteiger partial charge in [-0.05, 0) is 32.4 Å². The number of guanidine groups is 1. The summed E-state index contributed by atoms with van der Waals surface area (Å²) < 4.78 is 0. The van der Waals surface area contributed by atoms with Crippen LogP contribution in [0.1, 0.15) is 42.6 Å². The molecule has 0 fully saturated rings. The molecule has 0 aliphatic heterocycles. The normalized spacial score (nSPS) is 10.7. The van der Waals surface area contributed by atoms with Crippen molar-refractivity contribution in [2.24, 2.45) is 4.99 Å². The summed E-state index contributed by atoms with van der Waals surface area (Å²) >= 11 is 0. The standard InChI is InChI=1S/C17H28N4O.HI/c1-4-6-10-20-17(18-5-2)21-12-11-19-16(22)15-9-7-8-14(3)13-15;/h7-9,13H,4-6,10-12H2,1-3H3,(H,19,22)(H2,18,20,21);1H. The number of carbonyl (C=O) groups is 1. The molecule has 0 bridgehead atoms. The van der Waals surface area contributed by atoms with Crippen LogP contribution in [0.4, 0.5) is 0 Å². The summed E-state index contributed by atoms with van der Waals surface area (Å²) in [5.74, 6) is 0.763. The monoisotopic (exact) mass is 432 g/mol. The minimum Gasteiger partial charge on any atom is -0.357 e. The van der Waals surface area contributed by atoms with Crippen molar-refractivity contribution in [3.8, 4) is 0 Å². The number of aliphatic imine (C=N–C) groups is 1. The molecule has 23 heavy (non-hydrogen) atoms. The van der Waals surface area contributed by atoms with Crippen molar-refractivity contribution in [1.29, 1.82) is 0 Å². The molecule has 0 aliphatic carbocycles. The molecule has 0 saturated carbocycles. The minimum absolute atomic E-state index is 0. The number of hydrogen-bond donors (Lipinski definition) is 3. The van der Waals surface area contributed by atoms with E-state index in [-0.39, 0.29) is 29.9 Å². The number of amides is 1. The molecule has 0 unspecified atom stereocenters. The third kappa shape index (κ3) is 9.43. The van der Waals surface area contributed by atoms with Crippen LogP contribution < -0.4 is 16.0 Å². The largest absolute Gasteiger partial charge is 0.357 e. The molecule has 0 heterocycles. The van der Waals surface area contributed by atoms with Gasteiger partial charge in [0, 0.05) is 31.7 Å². The Morgan fingerprint density at radius 1 is 1.13 bits per heavy atom. The highest BCUT2D eigenvalue weighted by molar-refractivity contribution is 14.0. The molecule has 0 aromatic heterocycles. The van der Waals surface area contributed by atoms with Gasteiger partial charge in [0.25, 0.3) is 5.91 Å². The summed E-state index contributed by atoms with van der Waals surface area (Å²) in [6.07, 6.45) is 2.22. The molecule has 0 atom stereocenters. The highest BCUT2D eigenvalue weighted by atomic mass is 127. The zero-order valence-corrected chi connectivity index (χ0v) is 16.6. The fourth-order valence-corrected chi connectivity index (χ4v) is 1.94. The van der Waals surface area contributed by atoms with Gasteiger partial charge in [-0.15, -0.1) is 24.0 Å². The number of rotatable bonds is 8. The van der Waals surface area contributed by atoms with Gasteiger partial charge in [-0.25, -0.2) is 0 Å². The van der Waals surface area contributed by atoms with Crippen molar-refractivity contribution in [3.63, 3.8) is 0 Å². The predicted octanol–water partition coefficient (Wildman–Crippen LogP) is 2.70. The molecule has 1 amide bonds. The molecule has 1 aromatic carbocycles. The van der Waals surface area contributed by atoms with Crippen LogP contribution in [0, 0.1) is 6.92 Å². The van der Waals surface area contributed by atoms with Crippen molar-refractivity contribution in [2.45, 2.75) is 33.6 Å². The van der Waals surface area contributed by atoms with Crippen molar-refractivity contribution in [1.82, 2.24) is 16.0 Å². The maximum absolute atomic E-state index is 12.0. The number of aryl methyl sites for hydroxylation is 1. The molecule has 0 aliphatic rings. The SMILES string of the molecule is CCCCN=C(NCC)NCCNC(=O)c1cccc(C)c1.I. The number of carbonyl (C=O) groups excluding carboxylic acids is 1. The number of hydrogen-bond acceptors (Lipinski definition) is 2. The van der Waals surface area contributed by atoms with Crippen LogP contribution >= 0.6 is 24.0 Å². The fourth-order valence-electron chi connectivity index (χ4n) is 1.94. The molecular weight excluding hydrogens is 403 g/mol. The van der Waals surface area contributed by atoms with Crippen LogP contribution in [0.15, 0.2) is 29.3 Å². The van der Waals surface area contributed by atoms with Gasteiger partial charge in [0.15, 0.2) is 5.96 Å². The highest BCUT2D eigenvalue weighted by Gasteiger charge is 2.04. The smallest absolute Gasteiger partial charge is 0.251 e. The maximum Gasteiger partial charge on any atom is 0.251 e. The average molecular weight is 432 g/mol. The third-order valence-corrected chi connectivity index (χ3v) is 3.11. The quantitative estimate of drug-likeness (QED) is 0.256. The maximum atomic E-state index is 12.0. The lowest BCUT2D eigenvalue weighted by atomic mass is 10.1. The molecule has 3 N–H and O–H groups in total. The van der Waals surface area contributed by atoms with Gasteiger partial charge in [-0.1, -0.05) is 31.0 Å². The second-order valence-corrected chi connectivity index (χ2v) is 5.17. The zero-order chi connectivity index (χ0) is 16.2. The molecule has 130 valence electrons. The van der Waals surface area contributed by atoms with E-state index in [2.05, 4.69) is 27.9 Å². The van der Waals surface area contributed by atoms with Gasteiger partial charge in [0.1, 0.15) is 0 Å². The summed E-state index contributed by atoms with van der Waals surface area (Å²) in [4.78, 5) is 16.5. The van der Waals surface area contributed by atoms with E-state index in [0.29, 0.717) is 18.7 Å². The second-order valence-electron chi connectivity index (χ2n) is 5.17. The highest BCUT2D eigenvalue weighted by Crippen LogP contribution is 2.03.